The predicted molar refractivity (Wildman–Crippen MR) is 88.3 cm³/mol. The summed E-state index contributed by atoms with van der Waals surface area (Å²) in [7, 11) is 1.84. The van der Waals surface area contributed by atoms with Crippen molar-refractivity contribution in [1.82, 2.24) is 25.6 Å². The van der Waals surface area contributed by atoms with E-state index in [0.717, 1.165) is 37.1 Å². The van der Waals surface area contributed by atoms with Crippen LogP contribution in [0.1, 0.15) is 29.6 Å². The van der Waals surface area contributed by atoms with Crippen molar-refractivity contribution in [3.63, 3.8) is 0 Å². The second-order valence-electron chi connectivity index (χ2n) is 5.67. The van der Waals surface area contributed by atoms with Gasteiger partial charge in [-0.05, 0) is 56.5 Å². The molecule has 2 N–H and O–H groups in total. The summed E-state index contributed by atoms with van der Waals surface area (Å²) in [5, 5.41) is 14.4. The van der Waals surface area contributed by atoms with Gasteiger partial charge in [-0.3, -0.25) is 4.79 Å². The minimum absolute atomic E-state index is 0. The van der Waals surface area contributed by atoms with Gasteiger partial charge in [0, 0.05) is 19.2 Å². The van der Waals surface area contributed by atoms with Crippen molar-refractivity contribution < 1.29 is 4.79 Å². The molecule has 2 aromatic rings. The first-order valence-corrected chi connectivity index (χ1v) is 7.52. The van der Waals surface area contributed by atoms with Crippen LogP contribution in [0.15, 0.2) is 18.2 Å². The maximum absolute atomic E-state index is 12.2. The molecule has 3 rings (SSSR count). The molecule has 0 bridgehead atoms. The lowest BCUT2D eigenvalue weighted by atomic mass is 9.96. The zero-order valence-electron chi connectivity index (χ0n) is 12.7. The molecule has 1 amide bonds. The minimum atomic E-state index is -0.0358. The highest BCUT2D eigenvalue weighted by Crippen LogP contribution is 2.14. The summed E-state index contributed by atoms with van der Waals surface area (Å²) in [5.41, 5.74) is 2.33. The van der Waals surface area contributed by atoms with Gasteiger partial charge in [0.05, 0.1) is 5.52 Å². The van der Waals surface area contributed by atoms with Crippen LogP contribution in [0.5, 0.6) is 0 Å². The number of halogens is 1. The first-order chi connectivity index (χ1) is 10.2. The third kappa shape index (κ3) is 3.75. The lowest BCUT2D eigenvalue weighted by molar-refractivity contribution is 0.0951. The number of aryl methyl sites for hydroxylation is 1. The average Bonchev–Trinajstić information content (AvgIpc) is 2.89. The standard InChI is InChI=1S/C15H21N5O.ClH/c1-20-14-5-4-12(9-13(14)18-19-20)15(21)17-8-6-11-3-2-7-16-10-11;/h4-5,9,11,16H,2-3,6-8,10H2,1H3,(H,17,21);1H. The van der Waals surface area contributed by atoms with Gasteiger partial charge in [0.2, 0.25) is 0 Å². The Balaban J connectivity index is 0.00000176. The van der Waals surface area contributed by atoms with Crippen molar-refractivity contribution in [2.45, 2.75) is 19.3 Å². The van der Waals surface area contributed by atoms with Gasteiger partial charge in [0.15, 0.2) is 0 Å². The molecule has 7 heteroatoms. The van der Waals surface area contributed by atoms with Gasteiger partial charge in [0.1, 0.15) is 5.52 Å². The normalized spacial score (nSPS) is 18.0. The van der Waals surface area contributed by atoms with Gasteiger partial charge < -0.3 is 10.6 Å². The molecule has 1 saturated heterocycles. The van der Waals surface area contributed by atoms with Crippen LogP contribution >= 0.6 is 12.4 Å². The van der Waals surface area contributed by atoms with E-state index in [2.05, 4.69) is 20.9 Å². The molecule has 1 aliphatic heterocycles. The van der Waals surface area contributed by atoms with E-state index in [-0.39, 0.29) is 18.3 Å². The number of rotatable bonds is 4. The molecular weight excluding hydrogens is 302 g/mol. The van der Waals surface area contributed by atoms with E-state index < -0.39 is 0 Å². The fourth-order valence-electron chi connectivity index (χ4n) is 2.84. The zero-order chi connectivity index (χ0) is 14.7. The molecule has 0 spiro atoms. The Labute approximate surface area is 136 Å². The highest BCUT2D eigenvalue weighted by atomic mass is 35.5. The number of nitrogens with one attached hydrogen (secondary N) is 2. The minimum Gasteiger partial charge on any atom is -0.352 e. The molecule has 6 nitrogen and oxygen atoms in total. The molecular formula is C15H22ClN5O. The van der Waals surface area contributed by atoms with E-state index >= 15 is 0 Å². The summed E-state index contributed by atoms with van der Waals surface area (Å²) >= 11 is 0. The lowest BCUT2D eigenvalue weighted by Crippen LogP contribution is -2.33. The van der Waals surface area contributed by atoms with Crippen LogP contribution in [-0.2, 0) is 7.05 Å². The van der Waals surface area contributed by atoms with Crippen molar-refractivity contribution in [1.29, 1.82) is 0 Å². The monoisotopic (exact) mass is 323 g/mol. The number of fused-ring (bicyclic) bond motifs is 1. The largest absolute Gasteiger partial charge is 0.352 e. The van der Waals surface area contributed by atoms with Crippen molar-refractivity contribution in [2.24, 2.45) is 13.0 Å². The number of hydrogen-bond acceptors (Lipinski definition) is 4. The highest BCUT2D eigenvalue weighted by molar-refractivity contribution is 5.97. The molecule has 120 valence electrons. The highest BCUT2D eigenvalue weighted by Gasteiger charge is 2.13. The molecule has 0 saturated carbocycles. The van der Waals surface area contributed by atoms with E-state index in [1.807, 2.05) is 19.2 Å². The van der Waals surface area contributed by atoms with E-state index in [1.54, 1.807) is 10.7 Å². The summed E-state index contributed by atoms with van der Waals surface area (Å²) in [6.07, 6.45) is 3.53. The molecule has 1 aliphatic rings. The summed E-state index contributed by atoms with van der Waals surface area (Å²) in [5.74, 6) is 0.646. The second kappa shape index (κ2) is 7.56. The molecule has 2 heterocycles. The van der Waals surface area contributed by atoms with Crippen LogP contribution in [0.25, 0.3) is 11.0 Å². The van der Waals surface area contributed by atoms with Gasteiger partial charge in [-0.2, -0.15) is 0 Å². The molecule has 22 heavy (non-hydrogen) atoms. The van der Waals surface area contributed by atoms with Crippen LogP contribution in [-0.4, -0.2) is 40.5 Å². The first kappa shape index (κ1) is 16.7. The Kier molecular flexibility index (Phi) is 5.74. The fourth-order valence-corrected chi connectivity index (χ4v) is 2.84. The van der Waals surface area contributed by atoms with E-state index in [4.69, 9.17) is 0 Å². The maximum atomic E-state index is 12.2. The number of amides is 1. The summed E-state index contributed by atoms with van der Waals surface area (Å²) < 4.78 is 1.70. The number of carbonyl (C=O) groups excluding carboxylic acids is 1. The average molecular weight is 324 g/mol. The predicted octanol–water partition coefficient (Wildman–Crippen LogP) is 1.51. The first-order valence-electron chi connectivity index (χ1n) is 7.52. The van der Waals surface area contributed by atoms with Gasteiger partial charge in [-0.15, -0.1) is 17.5 Å². The summed E-state index contributed by atoms with van der Waals surface area (Å²) in [6.45, 7) is 2.92. The molecule has 1 aromatic carbocycles. The number of piperidine rings is 1. The molecule has 0 aliphatic carbocycles. The Morgan fingerprint density at radius 3 is 3.14 bits per heavy atom. The van der Waals surface area contributed by atoms with Gasteiger partial charge in [-0.25, -0.2) is 4.68 Å². The van der Waals surface area contributed by atoms with E-state index in [1.165, 1.54) is 12.8 Å². The lowest BCUT2D eigenvalue weighted by Gasteiger charge is -2.22. The molecule has 1 fully saturated rings. The van der Waals surface area contributed by atoms with Crippen LogP contribution in [0.3, 0.4) is 0 Å². The van der Waals surface area contributed by atoms with Crippen LogP contribution in [0, 0.1) is 5.92 Å². The van der Waals surface area contributed by atoms with Crippen molar-refractivity contribution in [3.8, 4) is 0 Å². The number of hydrogen-bond donors (Lipinski definition) is 2. The van der Waals surface area contributed by atoms with Gasteiger partial charge in [0.25, 0.3) is 5.91 Å². The molecule has 1 unspecified atom stereocenters. The maximum Gasteiger partial charge on any atom is 0.251 e. The van der Waals surface area contributed by atoms with E-state index in [0.29, 0.717) is 11.5 Å². The number of nitrogens with zero attached hydrogens (tertiary/aromatic N) is 3. The quantitative estimate of drug-likeness (QED) is 0.894. The van der Waals surface area contributed by atoms with Crippen LogP contribution in [0.4, 0.5) is 0 Å². The smallest absolute Gasteiger partial charge is 0.251 e. The number of aromatic nitrogens is 3. The Morgan fingerprint density at radius 2 is 2.36 bits per heavy atom. The van der Waals surface area contributed by atoms with Gasteiger partial charge in [-0.1, -0.05) is 5.21 Å². The zero-order valence-corrected chi connectivity index (χ0v) is 13.5. The van der Waals surface area contributed by atoms with Crippen molar-refractivity contribution in [2.75, 3.05) is 19.6 Å². The second-order valence-corrected chi connectivity index (χ2v) is 5.67. The number of benzene rings is 1. The van der Waals surface area contributed by atoms with Crippen molar-refractivity contribution >= 4 is 29.3 Å². The Morgan fingerprint density at radius 1 is 1.50 bits per heavy atom. The van der Waals surface area contributed by atoms with E-state index in [9.17, 15) is 4.79 Å². The number of carbonyl (C=O) groups is 1. The fraction of sp³-hybridized carbons (Fsp3) is 0.533. The third-order valence-corrected chi connectivity index (χ3v) is 4.11. The SMILES string of the molecule is Cl.Cn1nnc2cc(C(=O)NCCC3CCCNC3)ccc21. The molecule has 1 aromatic heterocycles. The van der Waals surface area contributed by atoms with Crippen LogP contribution < -0.4 is 10.6 Å². The topological polar surface area (TPSA) is 71.8 Å². The third-order valence-electron chi connectivity index (χ3n) is 4.11. The van der Waals surface area contributed by atoms with Gasteiger partial charge >= 0.3 is 0 Å². The Bertz CT molecular complexity index is 636. The van der Waals surface area contributed by atoms with Crippen LogP contribution in [0.2, 0.25) is 0 Å². The molecule has 1 atom stereocenters. The Hall–Kier alpha value is -1.66. The molecule has 0 radical (unpaired) electrons. The summed E-state index contributed by atoms with van der Waals surface area (Å²) in [6, 6.07) is 5.50. The summed E-state index contributed by atoms with van der Waals surface area (Å²) in [4.78, 5) is 12.2. The van der Waals surface area contributed by atoms with Crippen molar-refractivity contribution in [3.05, 3.63) is 23.8 Å².